The van der Waals surface area contributed by atoms with E-state index in [1.54, 1.807) is 23.3 Å². The van der Waals surface area contributed by atoms with E-state index in [1.807, 2.05) is 13.8 Å². The van der Waals surface area contributed by atoms with Gasteiger partial charge in [0.15, 0.2) is 0 Å². The van der Waals surface area contributed by atoms with Crippen molar-refractivity contribution >= 4 is 16.6 Å². The highest BCUT2D eigenvalue weighted by molar-refractivity contribution is 5.96. The zero-order chi connectivity index (χ0) is 18.3. The number of hydrogen-bond donors (Lipinski definition) is 1. The van der Waals surface area contributed by atoms with Gasteiger partial charge in [0.1, 0.15) is 11.7 Å². The average Bonchev–Trinajstić information content (AvgIpc) is 3.23. The van der Waals surface area contributed by atoms with Crippen LogP contribution in [0.1, 0.15) is 23.1 Å². The first-order chi connectivity index (χ1) is 12.5. The lowest BCUT2D eigenvalue weighted by Crippen LogP contribution is -2.38. The molecule has 1 saturated heterocycles. The zero-order valence-electron chi connectivity index (χ0n) is 14.8. The minimum Gasteiger partial charge on any atom is -0.386 e. The number of hydrogen-bond acceptors (Lipinski definition) is 6. The van der Waals surface area contributed by atoms with Gasteiger partial charge in [0.25, 0.3) is 0 Å². The Bertz CT molecular complexity index is 1010. The predicted octanol–water partition coefficient (Wildman–Crippen LogP) is 1.96. The van der Waals surface area contributed by atoms with E-state index in [0.717, 1.165) is 27.7 Å². The summed E-state index contributed by atoms with van der Waals surface area (Å²) in [6.45, 7) is 5.57. The van der Waals surface area contributed by atoms with E-state index in [-0.39, 0.29) is 0 Å². The molecular formula is C19H20N6O. The smallest absolute Gasteiger partial charge is 0.103 e. The van der Waals surface area contributed by atoms with Crippen LogP contribution in [0.2, 0.25) is 0 Å². The molecule has 1 unspecified atom stereocenters. The van der Waals surface area contributed by atoms with Crippen molar-refractivity contribution in [2.75, 3.05) is 18.0 Å². The van der Waals surface area contributed by atoms with Crippen molar-refractivity contribution in [2.24, 2.45) is 0 Å². The number of β-amino-alcohol motifs (C(OH)–C–C–N with tert-alkyl or cyclic N) is 1. The average molecular weight is 348 g/mol. The van der Waals surface area contributed by atoms with E-state index in [4.69, 9.17) is 0 Å². The Hall–Kier alpha value is -2.98. The van der Waals surface area contributed by atoms with E-state index >= 15 is 0 Å². The number of nitriles is 1. The molecule has 0 spiro atoms. The van der Waals surface area contributed by atoms with Gasteiger partial charge in [-0.2, -0.15) is 5.26 Å². The SMILES string of the molecule is Cc1cc(C)c2ncc(C#N)c(N3CCC(O)(Cn4ccnn4)C3)c2c1. The summed E-state index contributed by atoms with van der Waals surface area (Å²) in [5, 5.41) is 29.3. The molecule has 7 heteroatoms. The van der Waals surface area contributed by atoms with Crippen molar-refractivity contribution in [2.45, 2.75) is 32.4 Å². The minimum atomic E-state index is -0.908. The van der Waals surface area contributed by atoms with Crippen LogP contribution in [0.4, 0.5) is 5.69 Å². The molecule has 0 aliphatic carbocycles. The number of benzene rings is 1. The molecule has 1 aliphatic rings. The molecule has 3 heterocycles. The summed E-state index contributed by atoms with van der Waals surface area (Å²) in [6, 6.07) is 6.43. The van der Waals surface area contributed by atoms with Crippen molar-refractivity contribution in [3.05, 3.63) is 47.4 Å². The molecule has 4 rings (SSSR count). The van der Waals surface area contributed by atoms with Crippen LogP contribution >= 0.6 is 0 Å². The second-order valence-electron chi connectivity index (χ2n) is 7.11. The molecule has 1 atom stereocenters. The lowest BCUT2D eigenvalue weighted by molar-refractivity contribution is 0.0409. The maximum Gasteiger partial charge on any atom is 0.103 e. The Morgan fingerprint density at radius 3 is 2.92 bits per heavy atom. The van der Waals surface area contributed by atoms with E-state index in [0.29, 0.717) is 31.6 Å². The van der Waals surface area contributed by atoms with Gasteiger partial charge in [0.2, 0.25) is 0 Å². The molecule has 2 aromatic heterocycles. The second-order valence-corrected chi connectivity index (χ2v) is 7.11. The molecule has 0 radical (unpaired) electrons. The minimum absolute atomic E-state index is 0.381. The zero-order valence-corrected chi connectivity index (χ0v) is 14.8. The van der Waals surface area contributed by atoms with Gasteiger partial charge in [0, 0.05) is 30.9 Å². The monoisotopic (exact) mass is 348 g/mol. The fraction of sp³-hybridized carbons (Fsp3) is 0.368. The molecule has 0 saturated carbocycles. The molecule has 3 aromatic rings. The molecule has 26 heavy (non-hydrogen) atoms. The van der Waals surface area contributed by atoms with Crippen LogP contribution in [-0.2, 0) is 6.54 Å². The molecule has 1 aliphatic heterocycles. The Balaban J connectivity index is 1.76. The summed E-state index contributed by atoms with van der Waals surface area (Å²) >= 11 is 0. The standard InChI is InChI=1S/C19H20N6O/c1-13-7-14(2)17-16(8-13)18(15(9-20)10-21-17)24-5-3-19(26,11-24)12-25-6-4-22-23-25/h4,6-8,10,26H,3,5,11-12H2,1-2H3. The van der Waals surface area contributed by atoms with Gasteiger partial charge in [-0.3, -0.25) is 4.98 Å². The first kappa shape index (κ1) is 16.5. The normalized spacial score (nSPS) is 19.8. The van der Waals surface area contributed by atoms with Crippen molar-refractivity contribution in [1.82, 2.24) is 20.0 Å². The third-order valence-electron chi connectivity index (χ3n) is 4.98. The Kier molecular flexibility index (Phi) is 3.85. The van der Waals surface area contributed by atoms with Crippen molar-refractivity contribution < 1.29 is 5.11 Å². The highest BCUT2D eigenvalue weighted by atomic mass is 16.3. The van der Waals surface area contributed by atoms with Crippen molar-refractivity contribution in [3.8, 4) is 6.07 Å². The first-order valence-corrected chi connectivity index (χ1v) is 8.61. The van der Waals surface area contributed by atoms with E-state index in [1.165, 1.54) is 0 Å². The fourth-order valence-corrected chi connectivity index (χ4v) is 3.86. The molecule has 1 N–H and O–H groups in total. The maximum atomic E-state index is 11.0. The Morgan fingerprint density at radius 1 is 1.35 bits per heavy atom. The molecule has 0 bridgehead atoms. The van der Waals surface area contributed by atoms with Crippen molar-refractivity contribution in [3.63, 3.8) is 0 Å². The maximum absolute atomic E-state index is 11.0. The summed E-state index contributed by atoms with van der Waals surface area (Å²) in [7, 11) is 0. The Labute approximate surface area is 151 Å². The first-order valence-electron chi connectivity index (χ1n) is 8.61. The lowest BCUT2D eigenvalue weighted by atomic mass is 10.0. The summed E-state index contributed by atoms with van der Waals surface area (Å²) in [4.78, 5) is 6.58. The van der Waals surface area contributed by atoms with Gasteiger partial charge in [-0.15, -0.1) is 5.10 Å². The van der Waals surface area contributed by atoms with Crippen LogP contribution in [0.3, 0.4) is 0 Å². The molecule has 1 fully saturated rings. The highest BCUT2D eigenvalue weighted by Gasteiger charge is 2.38. The number of rotatable bonds is 3. The van der Waals surface area contributed by atoms with Crippen LogP contribution in [0.25, 0.3) is 10.9 Å². The number of pyridine rings is 1. The van der Waals surface area contributed by atoms with Crippen LogP contribution in [0.15, 0.2) is 30.7 Å². The van der Waals surface area contributed by atoms with Crippen LogP contribution in [0.5, 0.6) is 0 Å². The topological polar surface area (TPSA) is 90.9 Å². The second kappa shape index (κ2) is 6.07. The van der Waals surface area contributed by atoms with Gasteiger partial charge in [-0.1, -0.05) is 16.8 Å². The van der Waals surface area contributed by atoms with Crippen LogP contribution in [0, 0.1) is 25.2 Å². The third kappa shape index (κ3) is 2.78. The lowest BCUT2D eigenvalue weighted by Gasteiger charge is -2.26. The summed E-state index contributed by atoms with van der Waals surface area (Å²) < 4.78 is 1.65. The molecule has 1 aromatic carbocycles. The van der Waals surface area contributed by atoms with Crippen LogP contribution < -0.4 is 4.90 Å². The van der Waals surface area contributed by atoms with E-state index < -0.39 is 5.60 Å². The van der Waals surface area contributed by atoms with Crippen LogP contribution in [-0.4, -0.2) is 43.8 Å². The van der Waals surface area contributed by atoms with Gasteiger partial charge < -0.3 is 10.0 Å². The summed E-state index contributed by atoms with van der Waals surface area (Å²) in [5.41, 5.74) is 3.60. The van der Waals surface area contributed by atoms with E-state index in [9.17, 15) is 10.4 Å². The number of nitrogens with zero attached hydrogens (tertiary/aromatic N) is 6. The molecule has 7 nitrogen and oxygen atoms in total. The quantitative estimate of drug-likeness (QED) is 0.778. The number of aryl methyl sites for hydroxylation is 2. The molecule has 132 valence electrons. The molecular weight excluding hydrogens is 328 g/mol. The number of fused-ring (bicyclic) bond motifs is 1. The predicted molar refractivity (Wildman–Crippen MR) is 97.7 cm³/mol. The number of aliphatic hydroxyl groups is 1. The van der Waals surface area contributed by atoms with Gasteiger partial charge in [-0.05, 0) is 31.9 Å². The third-order valence-corrected chi connectivity index (χ3v) is 4.98. The Morgan fingerprint density at radius 2 is 2.19 bits per heavy atom. The van der Waals surface area contributed by atoms with Gasteiger partial charge in [-0.25, -0.2) is 4.68 Å². The number of aromatic nitrogens is 4. The largest absolute Gasteiger partial charge is 0.386 e. The molecule has 0 amide bonds. The van der Waals surface area contributed by atoms with Gasteiger partial charge in [0.05, 0.1) is 29.5 Å². The van der Waals surface area contributed by atoms with Crippen molar-refractivity contribution in [1.29, 1.82) is 5.26 Å². The van der Waals surface area contributed by atoms with Gasteiger partial charge >= 0.3 is 0 Å². The highest BCUT2D eigenvalue weighted by Crippen LogP contribution is 2.36. The fourth-order valence-electron chi connectivity index (χ4n) is 3.86. The number of anilines is 1. The summed E-state index contributed by atoms with van der Waals surface area (Å²) in [6.07, 6.45) is 5.59. The van der Waals surface area contributed by atoms with E-state index in [2.05, 4.69) is 38.4 Å². The summed E-state index contributed by atoms with van der Waals surface area (Å²) in [5.74, 6) is 0.